The Kier molecular flexibility index (Phi) is 3.53. The van der Waals surface area contributed by atoms with E-state index in [1.807, 2.05) is 29.0 Å². The fourth-order valence-electron chi connectivity index (χ4n) is 2.53. The summed E-state index contributed by atoms with van der Waals surface area (Å²) in [6, 6.07) is 3.99. The van der Waals surface area contributed by atoms with Gasteiger partial charge in [-0.1, -0.05) is 13.8 Å². The van der Waals surface area contributed by atoms with E-state index in [-0.39, 0.29) is 0 Å². The van der Waals surface area contributed by atoms with Crippen molar-refractivity contribution >= 4 is 22.6 Å². The van der Waals surface area contributed by atoms with E-state index in [1.54, 1.807) is 18.6 Å². The lowest BCUT2D eigenvalue weighted by molar-refractivity contribution is 0.681. The zero-order valence-electron chi connectivity index (χ0n) is 13.5. The summed E-state index contributed by atoms with van der Waals surface area (Å²) in [7, 11) is 0. The van der Waals surface area contributed by atoms with Crippen molar-refractivity contribution in [3.05, 3.63) is 43.1 Å². The number of hydrogen-bond donors (Lipinski definition) is 1. The third-order valence-corrected chi connectivity index (χ3v) is 3.72. The van der Waals surface area contributed by atoms with Crippen LogP contribution in [0.15, 0.2) is 43.1 Å². The van der Waals surface area contributed by atoms with Crippen LogP contribution in [-0.2, 0) is 0 Å². The topological polar surface area (TPSA) is 80.9 Å². The largest absolute Gasteiger partial charge is 0.353 e. The van der Waals surface area contributed by atoms with Crippen LogP contribution in [0.4, 0.5) is 5.95 Å². The van der Waals surface area contributed by atoms with Gasteiger partial charge in [0, 0.05) is 42.5 Å². The van der Waals surface area contributed by atoms with Gasteiger partial charge in [0.1, 0.15) is 5.52 Å². The number of pyridine rings is 1. The lowest BCUT2D eigenvalue weighted by Gasteiger charge is -2.07. The lowest BCUT2D eigenvalue weighted by atomic mass is 10.1. The Morgan fingerprint density at radius 1 is 1.08 bits per heavy atom. The van der Waals surface area contributed by atoms with Crippen molar-refractivity contribution in [3.8, 4) is 11.1 Å². The minimum Gasteiger partial charge on any atom is -0.353 e. The molecule has 1 N–H and O–H groups in total. The molecule has 0 fully saturated rings. The van der Waals surface area contributed by atoms with Crippen molar-refractivity contribution < 1.29 is 0 Å². The van der Waals surface area contributed by atoms with Gasteiger partial charge in [-0.05, 0) is 18.1 Å². The molecular weight excluding hydrogens is 302 g/mol. The third kappa shape index (κ3) is 2.64. The monoisotopic (exact) mass is 319 g/mol. The minimum atomic E-state index is 0.536. The summed E-state index contributed by atoms with van der Waals surface area (Å²) in [5, 5.41) is 7.74. The van der Waals surface area contributed by atoms with Crippen molar-refractivity contribution in [1.82, 2.24) is 29.5 Å². The molecule has 0 unspecified atom stereocenters. The quantitative estimate of drug-likeness (QED) is 0.623. The highest BCUT2D eigenvalue weighted by Crippen LogP contribution is 2.26. The molecule has 7 heteroatoms. The fraction of sp³-hybridized carbons (Fsp3) is 0.235. The summed E-state index contributed by atoms with van der Waals surface area (Å²) in [5.41, 5.74) is 4.32. The van der Waals surface area contributed by atoms with Crippen molar-refractivity contribution in [3.63, 3.8) is 0 Å². The molecule has 0 aliphatic rings. The number of hydrogen-bond acceptors (Lipinski definition) is 6. The highest BCUT2D eigenvalue weighted by molar-refractivity contribution is 5.84. The van der Waals surface area contributed by atoms with Gasteiger partial charge in [-0.25, -0.2) is 19.5 Å². The maximum absolute atomic E-state index is 4.50. The van der Waals surface area contributed by atoms with Gasteiger partial charge in [-0.15, -0.1) is 5.10 Å². The van der Waals surface area contributed by atoms with Crippen LogP contribution in [0.2, 0.25) is 0 Å². The molecule has 0 aromatic carbocycles. The second-order valence-electron chi connectivity index (χ2n) is 6.04. The Labute approximate surface area is 138 Å². The van der Waals surface area contributed by atoms with Crippen LogP contribution in [-0.4, -0.2) is 36.1 Å². The Bertz CT molecular complexity index is 1010. The predicted molar refractivity (Wildman–Crippen MR) is 92.6 cm³/mol. The summed E-state index contributed by atoms with van der Waals surface area (Å²) in [5.74, 6) is 1.16. The van der Waals surface area contributed by atoms with Gasteiger partial charge in [0.25, 0.3) is 0 Å². The summed E-state index contributed by atoms with van der Waals surface area (Å²) in [6.07, 6.45) is 8.86. The molecule has 4 aromatic rings. The van der Waals surface area contributed by atoms with E-state index >= 15 is 0 Å². The van der Waals surface area contributed by atoms with Crippen molar-refractivity contribution in [2.45, 2.75) is 13.8 Å². The number of aromatic nitrogens is 6. The molecule has 0 aliphatic heterocycles. The molecule has 120 valence electrons. The van der Waals surface area contributed by atoms with Gasteiger partial charge in [0.05, 0.1) is 11.7 Å². The van der Waals surface area contributed by atoms with Crippen LogP contribution in [0.5, 0.6) is 0 Å². The fourth-order valence-corrected chi connectivity index (χ4v) is 2.53. The van der Waals surface area contributed by atoms with Crippen LogP contribution in [0, 0.1) is 5.92 Å². The van der Waals surface area contributed by atoms with Crippen LogP contribution in [0.3, 0.4) is 0 Å². The minimum absolute atomic E-state index is 0.536. The van der Waals surface area contributed by atoms with Crippen molar-refractivity contribution in [1.29, 1.82) is 0 Å². The summed E-state index contributed by atoms with van der Waals surface area (Å²) < 4.78 is 1.83. The van der Waals surface area contributed by atoms with Gasteiger partial charge >= 0.3 is 0 Å². The van der Waals surface area contributed by atoms with Crippen LogP contribution < -0.4 is 5.32 Å². The van der Waals surface area contributed by atoms with E-state index in [2.05, 4.69) is 44.2 Å². The summed E-state index contributed by atoms with van der Waals surface area (Å²) in [4.78, 5) is 17.3. The highest BCUT2D eigenvalue weighted by atomic mass is 15.3. The Balaban J connectivity index is 1.73. The van der Waals surface area contributed by atoms with Crippen molar-refractivity contribution in [2.75, 3.05) is 11.9 Å². The number of nitrogens with one attached hydrogen (secondary N) is 1. The molecular formula is C17H17N7. The van der Waals surface area contributed by atoms with E-state index in [9.17, 15) is 0 Å². The first-order valence-corrected chi connectivity index (χ1v) is 7.86. The average Bonchev–Trinajstić information content (AvgIpc) is 3.02. The van der Waals surface area contributed by atoms with Gasteiger partial charge in [-0.3, -0.25) is 4.98 Å². The third-order valence-electron chi connectivity index (χ3n) is 3.72. The second-order valence-corrected chi connectivity index (χ2v) is 6.04. The molecule has 0 radical (unpaired) electrons. The lowest BCUT2D eigenvalue weighted by Crippen LogP contribution is -2.11. The first kappa shape index (κ1) is 14.5. The number of anilines is 1. The molecule has 24 heavy (non-hydrogen) atoms. The van der Waals surface area contributed by atoms with E-state index in [1.165, 1.54) is 0 Å². The zero-order chi connectivity index (χ0) is 16.5. The Morgan fingerprint density at radius 2 is 1.96 bits per heavy atom. The number of nitrogens with zero attached hydrogens (tertiary/aromatic N) is 6. The molecule has 0 spiro atoms. The zero-order valence-corrected chi connectivity index (χ0v) is 13.5. The molecule has 0 saturated heterocycles. The predicted octanol–water partition coefficient (Wildman–Crippen LogP) is 2.80. The van der Waals surface area contributed by atoms with Crippen molar-refractivity contribution in [2.24, 2.45) is 5.92 Å². The average molecular weight is 319 g/mol. The van der Waals surface area contributed by atoms with Gasteiger partial charge in [0.2, 0.25) is 5.95 Å². The molecule has 4 heterocycles. The molecule has 7 nitrogen and oxygen atoms in total. The maximum atomic E-state index is 4.50. The highest BCUT2D eigenvalue weighted by Gasteiger charge is 2.09. The van der Waals surface area contributed by atoms with Gasteiger partial charge < -0.3 is 5.32 Å². The normalized spacial score (nSPS) is 11.5. The Hall–Kier alpha value is -3.09. The second kappa shape index (κ2) is 5.84. The molecule has 4 aromatic heterocycles. The van der Waals surface area contributed by atoms with Gasteiger partial charge in [0.15, 0.2) is 5.65 Å². The molecule has 0 bridgehead atoms. The van der Waals surface area contributed by atoms with Crippen LogP contribution >= 0.6 is 0 Å². The molecule has 0 saturated carbocycles. The van der Waals surface area contributed by atoms with E-state index in [4.69, 9.17) is 0 Å². The first-order valence-electron chi connectivity index (χ1n) is 7.86. The Morgan fingerprint density at radius 3 is 2.83 bits per heavy atom. The maximum Gasteiger partial charge on any atom is 0.241 e. The molecule has 0 atom stereocenters. The number of fused-ring (bicyclic) bond motifs is 2. The van der Waals surface area contributed by atoms with E-state index in [0.29, 0.717) is 17.5 Å². The smallest absolute Gasteiger partial charge is 0.241 e. The molecule has 0 amide bonds. The standard InChI is InChI=1S/C17H17N7/c1-11(2)8-21-17-22-10-15-13(3-6-24(15)23-17)12-7-14-16(20-9-12)19-5-4-18-14/h3-7,9-11H,8H2,1-2H3,(H,21,23). The van der Waals surface area contributed by atoms with Crippen LogP contribution in [0.25, 0.3) is 27.8 Å². The molecule has 0 aliphatic carbocycles. The molecule has 4 rings (SSSR count). The van der Waals surface area contributed by atoms with Gasteiger partial charge in [-0.2, -0.15) is 0 Å². The SMILES string of the molecule is CC(C)CNc1ncc2c(-c3cnc4nccnc4c3)ccn2n1. The van der Waals surface area contributed by atoms with E-state index in [0.717, 1.165) is 28.7 Å². The van der Waals surface area contributed by atoms with Crippen LogP contribution in [0.1, 0.15) is 13.8 Å². The first-order chi connectivity index (χ1) is 11.7. The summed E-state index contributed by atoms with van der Waals surface area (Å²) >= 11 is 0. The van der Waals surface area contributed by atoms with E-state index < -0.39 is 0 Å². The number of rotatable bonds is 4. The summed E-state index contributed by atoms with van der Waals surface area (Å²) in [6.45, 7) is 5.14.